The summed E-state index contributed by atoms with van der Waals surface area (Å²) in [6.45, 7) is 2.52. The van der Waals surface area contributed by atoms with Crippen molar-refractivity contribution in [3.05, 3.63) is 44.5 Å². The molecule has 5 heteroatoms. The average Bonchev–Trinajstić information content (AvgIpc) is 2.95. The Labute approximate surface area is 108 Å². The number of rotatable bonds is 4. The van der Waals surface area contributed by atoms with Crippen LogP contribution in [0.1, 0.15) is 15.6 Å². The summed E-state index contributed by atoms with van der Waals surface area (Å²) in [6.07, 6.45) is 3.25. The van der Waals surface area contributed by atoms with Crippen LogP contribution in [0, 0.1) is 6.92 Å². The summed E-state index contributed by atoms with van der Waals surface area (Å²) in [4.78, 5) is 16.9. The van der Waals surface area contributed by atoms with Crippen molar-refractivity contribution in [1.29, 1.82) is 0 Å². The number of nitrogens with zero attached hydrogens (tertiary/aromatic N) is 1. The van der Waals surface area contributed by atoms with Crippen molar-refractivity contribution in [2.24, 2.45) is 0 Å². The fourth-order valence-corrected chi connectivity index (χ4v) is 2.49. The summed E-state index contributed by atoms with van der Waals surface area (Å²) in [5, 5.41) is 7.75. The van der Waals surface area contributed by atoms with Crippen molar-refractivity contribution >= 4 is 34.7 Å². The normalized spacial score (nSPS) is 10.9. The number of aryl methyl sites for hydroxylation is 1. The van der Waals surface area contributed by atoms with Crippen molar-refractivity contribution < 1.29 is 4.79 Å². The van der Waals surface area contributed by atoms with E-state index in [1.807, 2.05) is 29.8 Å². The van der Waals surface area contributed by atoms with Crippen LogP contribution in [0.5, 0.6) is 0 Å². The van der Waals surface area contributed by atoms with Crippen molar-refractivity contribution in [1.82, 2.24) is 10.3 Å². The molecular formula is C12H12N2OS2. The van der Waals surface area contributed by atoms with Gasteiger partial charge in [-0.25, -0.2) is 4.98 Å². The van der Waals surface area contributed by atoms with Crippen LogP contribution in [-0.2, 0) is 11.3 Å². The Morgan fingerprint density at radius 3 is 3.06 bits per heavy atom. The molecule has 0 bridgehead atoms. The first-order chi connectivity index (χ1) is 8.24. The van der Waals surface area contributed by atoms with E-state index < -0.39 is 0 Å². The van der Waals surface area contributed by atoms with Crippen LogP contribution in [0.3, 0.4) is 0 Å². The minimum Gasteiger partial charge on any atom is -0.348 e. The Balaban J connectivity index is 1.83. The summed E-state index contributed by atoms with van der Waals surface area (Å²) >= 11 is 3.21. The van der Waals surface area contributed by atoms with Crippen molar-refractivity contribution in [2.75, 3.05) is 0 Å². The van der Waals surface area contributed by atoms with Crippen LogP contribution in [0.4, 0.5) is 0 Å². The molecule has 88 valence electrons. The second kappa shape index (κ2) is 5.75. The molecule has 0 saturated heterocycles. The molecule has 0 saturated carbocycles. The van der Waals surface area contributed by atoms with E-state index in [9.17, 15) is 4.79 Å². The van der Waals surface area contributed by atoms with E-state index in [4.69, 9.17) is 0 Å². The van der Waals surface area contributed by atoms with E-state index in [0.717, 1.165) is 15.6 Å². The van der Waals surface area contributed by atoms with E-state index in [-0.39, 0.29) is 5.91 Å². The van der Waals surface area contributed by atoms with Gasteiger partial charge in [-0.15, -0.1) is 22.7 Å². The van der Waals surface area contributed by atoms with Gasteiger partial charge in [0.1, 0.15) is 0 Å². The monoisotopic (exact) mass is 264 g/mol. The van der Waals surface area contributed by atoms with Gasteiger partial charge in [0.05, 0.1) is 17.2 Å². The van der Waals surface area contributed by atoms with E-state index in [2.05, 4.69) is 10.3 Å². The molecule has 0 unspecified atom stereocenters. The third kappa shape index (κ3) is 3.80. The Morgan fingerprint density at radius 1 is 1.53 bits per heavy atom. The van der Waals surface area contributed by atoms with Crippen LogP contribution >= 0.6 is 22.7 Å². The van der Waals surface area contributed by atoms with Gasteiger partial charge in [0.25, 0.3) is 0 Å². The topological polar surface area (TPSA) is 42.0 Å². The first-order valence-corrected chi connectivity index (χ1v) is 6.90. The van der Waals surface area contributed by atoms with Crippen LogP contribution in [0.2, 0.25) is 0 Å². The molecule has 1 N–H and O–H groups in total. The van der Waals surface area contributed by atoms with Gasteiger partial charge in [-0.05, 0) is 24.4 Å². The lowest BCUT2D eigenvalue weighted by Gasteiger charge is -1.98. The second-order valence-electron chi connectivity index (χ2n) is 3.42. The molecule has 0 aromatic carbocycles. The first kappa shape index (κ1) is 12.0. The van der Waals surface area contributed by atoms with Gasteiger partial charge >= 0.3 is 0 Å². The largest absolute Gasteiger partial charge is 0.348 e. The second-order valence-corrected chi connectivity index (χ2v) is 5.52. The fourth-order valence-electron chi connectivity index (χ4n) is 1.26. The number of amides is 1. The standard InChI is InChI=1S/C12H12N2OS2/c1-9-14-10(8-17-9)4-5-12(15)13-7-11-3-2-6-16-11/h2-6,8H,7H2,1H3,(H,13,15)/b5-4+. The average molecular weight is 264 g/mol. The Morgan fingerprint density at radius 2 is 2.41 bits per heavy atom. The number of nitrogens with one attached hydrogen (secondary N) is 1. The molecule has 0 radical (unpaired) electrons. The molecule has 17 heavy (non-hydrogen) atoms. The zero-order valence-electron chi connectivity index (χ0n) is 9.34. The van der Waals surface area contributed by atoms with Crippen LogP contribution in [0.25, 0.3) is 6.08 Å². The number of carbonyl (C=O) groups excluding carboxylic acids is 1. The summed E-state index contributed by atoms with van der Waals surface area (Å²) in [6, 6.07) is 3.97. The SMILES string of the molecule is Cc1nc(/C=C/C(=O)NCc2cccs2)cs1. The summed E-state index contributed by atoms with van der Waals surface area (Å²) in [5.74, 6) is -0.0935. The minimum absolute atomic E-state index is 0.0935. The molecule has 1 amide bonds. The lowest BCUT2D eigenvalue weighted by molar-refractivity contribution is -0.116. The molecule has 0 fully saturated rings. The highest BCUT2D eigenvalue weighted by Gasteiger charge is 1.98. The van der Waals surface area contributed by atoms with Gasteiger partial charge in [-0.3, -0.25) is 4.79 Å². The van der Waals surface area contributed by atoms with Gasteiger partial charge in [0, 0.05) is 16.3 Å². The highest BCUT2D eigenvalue weighted by atomic mass is 32.1. The first-order valence-electron chi connectivity index (χ1n) is 5.14. The third-order valence-corrected chi connectivity index (χ3v) is 3.73. The van der Waals surface area contributed by atoms with Crippen LogP contribution in [-0.4, -0.2) is 10.9 Å². The van der Waals surface area contributed by atoms with E-state index in [0.29, 0.717) is 6.54 Å². The number of carbonyl (C=O) groups is 1. The van der Waals surface area contributed by atoms with E-state index >= 15 is 0 Å². The van der Waals surface area contributed by atoms with Gasteiger partial charge in [0.15, 0.2) is 0 Å². The van der Waals surface area contributed by atoms with Gasteiger partial charge in [-0.1, -0.05) is 6.07 Å². The summed E-state index contributed by atoms with van der Waals surface area (Å²) < 4.78 is 0. The molecule has 3 nitrogen and oxygen atoms in total. The molecule has 2 heterocycles. The van der Waals surface area contributed by atoms with Gasteiger partial charge in [-0.2, -0.15) is 0 Å². The van der Waals surface area contributed by atoms with Crippen LogP contribution < -0.4 is 5.32 Å². The molecule has 0 aliphatic carbocycles. The zero-order chi connectivity index (χ0) is 12.1. The number of hydrogen-bond acceptors (Lipinski definition) is 4. The lowest BCUT2D eigenvalue weighted by Crippen LogP contribution is -2.19. The predicted octanol–water partition coefficient (Wildman–Crippen LogP) is 2.84. The number of hydrogen-bond donors (Lipinski definition) is 1. The Bertz CT molecular complexity index is 514. The van der Waals surface area contributed by atoms with Gasteiger partial charge in [0.2, 0.25) is 5.91 Å². The van der Waals surface area contributed by atoms with Crippen LogP contribution in [0.15, 0.2) is 29.0 Å². The highest BCUT2D eigenvalue weighted by Crippen LogP contribution is 2.09. The quantitative estimate of drug-likeness (QED) is 0.863. The smallest absolute Gasteiger partial charge is 0.244 e. The van der Waals surface area contributed by atoms with E-state index in [1.165, 1.54) is 6.08 Å². The van der Waals surface area contributed by atoms with Gasteiger partial charge < -0.3 is 5.32 Å². The molecular weight excluding hydrogens is 252 g/mol. The third-order valence-electron chi connectivity index (χ3n) is 2.06. The lowest BCUT2D eigenvalue weighted by atomic mass is 10.4. The summed E-state index contributed by atoms with van der Waals surface area (Å²) in [7, 11) is 0. The maximum Gasteiger partial charge on any atom is 0.244 e. The molecule has 0 aliphatic heterocycles. The number of aromatic nitrogens is 1. The maximum absolute atomic E-state index is 11.5. The summed E-state index contributed by atoms with van der Waals surface area (Å²) in [5.41, 5.74) is 0.832. The molecule has 0 spiro atoms. The molecule has 2 rings (SSSR count). The molecule has 0 aliphatic rings. The molecule has 2 aromatic heterocycles. The van der Waals surface area contributed by atoms with Crippen molar-refractivity contribution in [3.8, 4) is 0 Å². The maximum atomic E-state index is 11.5. The molecule has 0 atom stereocenters. The fraction of sp³-hybridized carbons (Fsp3) is 0.167. The highest BCUT2D eigenvalue weighted by molar-refractivity contribution is 7.10. The Hall–Kier alpha value is -1.46. The predicted molar refractivity (Wildman–Crippen MR) is 72.1 cm³/mol. The van der Waals surface area contributed by atoms with Crippen molar-refractivity contribution in [3.63, 3.8) is 0 Å². The zero-order valence-corrected chi connectivity index (χ0v) is 11.0. The van der Waals surface area contributed by atoms with Crippen molar-refractivity contribution in [2.45, 2.75) is 13.5 Å². The minimum atomic E-state index is -0.0935. The van der Waals surface area contributed by atoms with E-state index in [1.54, 1.807) is 28.7 Å². The molecule has 2 aromatic rings. The Kier molecular flexibility index (Phi) is 4.06. The number of thiazole rings is 1. The number of thiophene rings is 1.